The molecule has 0 saturated carbocycles. The van der Waals surface area contributed by atoms with Crippen LogP contribution in [0, 0.1) is 19.3 Å². The molecule has 2 heterocycles. The van der Waals surface area contributed by atoms with Crippen LogP contribution in [-0.2, 0) is 0 Å². The van der Waals surface area contributed by atoms with E-state index in [4.69, 9.17) is 0 Å². The minimum absolute atomic E-state index is 0.188. The third kappa shape index (κ3) is 4.76. The summed E-state index contributed by atoms with van der Waals surface area (Å²) in [4.78, 5) is 26.1. The number of anilines is 1. The molecule has 1 aliphatic heterocycles. The molecule has 1 aromatic heterocycles. The summed E-state index contributed by atoms with van der Waals surface area (Å²) in [5, 5.41) is 13.2. The van der Waals surface area contributed by atoms with Gasteiger partial charge in [0.25, 0.3) is 5.91 Å². The van der Waals surface area contributed by atoms with Gasteiger partial charge in [0, 0.05) is 42.3 Å². The van der Waals surface area contributed by atoms with Gasteiger partial charge in [-0.3, -0.25) is 4.79 Å². The smallest absolute Gasteiger partial charge is 0.289 e. The molecular weight excluding hydrogens is 342 g/mol. The van der Waals surface area contributed by atoms with Gasteiger partial charge in [-0.2, -0.15) is 0 Å². The van der Waals surface area contributed by atoms with Crippen molar-refractivity contribution < 1.29 is 9.90 Å². The van der Waals surface area contributed by atoms with E-state index in [-0.39, 0.29) is 11.7 Å². The second-order valence-corrected chi connectivity index (χ2v) is 9.06. The fourth-order valence-corrected chi connectivity index (χ4v) is 2.98. The van der Waals surface area contributed by atoms with Crippen molar-refractivity contribution in [2.45, 2.75) is 59.6 Å². The standard InChI is InChI=1S/C20H35N5O2/c1-13-14(2)22-16(18(26)21-12-19(3,4)20(5,6)27)23-17(13)25-10-9-15(11-25)24(7)8/h15,27H,9-12H2,1-8H3,(H,21,26)/t15-/m1/s1. The van der Waals surface area contributed by atoms with E-state index >= 15 is 0 Å². The third-order valence-corrected chi connectivity index (χ3v) is 6.11. The van der Waals surface area contributed by atoms with E-state index in [0.29, 0.717) is 12.6 Å². The molecule has 2 rings (SSSR count). The van der Waals surface area contributed by atoms with Crippen molar-refractivity contribution >= 4 is 11.7 Å². The molecule has 1 atom stereocenters. The van der Waals surface area contributed by atoms with Crippen LogP contribution in [0.2, 0.25) is 0 Å². The SMILES string of the molecule is Cc1nc(C(=O)NCC(C)(C)C(C)(C)O)nc(N2CC[C@@H](N(C)C)C2)c1C. The molecule has 7 nitrogen and oxygen atoms in total. The summed E-state index contributed by atoms with van der Waals surface area (Å²) in [5.41, 5.74) is 0.453. The maximum absolute atomic E-state index is 12.7. The lowest BCUT2D eigenvalue weighted by Gasteiger charge is -2.37. The number of hydrogen-bond acceptors (Lipinski definition) is 6. The van der Waals surface area contributed by atoms with Crippen LogP contribution in [0.1, 0.15) is 56.0 Å². The lowest BCUT2D eigenvalue weighted by Crippen LogP contribution is -2.47. The van der Waals surface area contributed by atoms with Gasteiger partial charge in [-0.05, 0) is 48.2 Å². The number of nitrogens with zero attached hydrogens (tertiary/aromatic N) is 4. The van der Waals surface area contributed by atoms with Gasteiger partial charge < -0.3 is 20.2 Å². The quantitative estimate of drug-likeness (QED) is 0.786. The lowest BCUT2D eigenvalue weighted by atomic mass is 9.77. The normalized spacial score (nSPS) is 18.3. The first-order valence-electron chi connectivity index (χ1n) is 9.60. The van der Waals surface area contributed by atoms with E-state index in [0.717, 1.165) is 36.6 Å². The summed E-state index contributed by atoms with van der Waals surface area (Å²) in [5.74, 6) is 0.728. The van der Waals surface area contributed by atoms with E-state index in [1.807, 2.05) is 27.7 Å². The molecule has 0 spiro atoms. The average molecular weight is 378 g/mol. The van der Waals surface area contributed by atoms with Crippen molar-refractivity contribution in [3.8, 4) is 0 Å². The minimum Gasteiger partial charge on any atom is -0.390 e. The summed E-state index contributed by atoms with van der Waals surface area (Å²) in [6.07, 6.45) is 1.08. The molecule has 0 radical (unpaired) electrons. The van der Waals surface area contributed by atoms with Crippen LogP contribution >= 0.6 is 0 Å². The van der Waals surface area contributed by atoms with Crippen LogP contribution < -0.4 is 10.2 Å². The summed E-state index contributed by atoms with van der Waals surface area (Å²) in [6.45, 7) is 13.4. The molecule has 1 fully saturated rings. The predicted octanol–water partition coefficient (Wildman–Crippen LogP) is 1.76. The number of likely N-dealkylation sites (N-methyl/N-ethyl adjacent to an activating group) is 1. The molecule has 0 bridgehead atoms. The second kappa shape index (κ2) is 7.72. The molecule has 1 amide bonds. The maximum atomic E-state index is 12.7. The topological polar surface area (TPSA) is 81.6 Å². The minimum atomic E-state index is -0.910. The second-order valence-electron chi connectivity index (χ2n) is 9.06. The highest BCUT2D eigenvalue weighted by Gasteiger charge is 2.35. The highest BCUT2D eigenvalue weighted by atomic mass is 16.3. The highest BCUT2D eigenvalue weighted by Crippen LogP contribution is 2.29. The molecule has 27 heavy (non-hydrogen) atoms. The molecule has 0 aliphatic carbocycles. The number of rotatable bonds is 6. The summed E-state index contributed by atoms with van der Waals surface area (Å²) >= 11 is 0. The van der Waals surface area contributed by atoms with E-state index in [1.54, 1.807) is 13.8 Å². The molecule has 2 N–H and O–H groups in total. The molecule has 7 heteroatoms. The first-order chi connectivity index (χ1) is 12.3. The Morgan fingerprint density at radius 1 is 1.26 bits per heavy atom. The molecule has 1 aliphatic rings. The van der Waals surface area contributed by atoms with Crippen molar-refractivity contribution in [2.24, 2.45) is 5.41 Å². The van der Waals surface area contributed by atoms with Crippen LogP contribution in [-0.4, -0.2) is 71.3 Å². The largest absolute Gasteiger partial charge is 0.390 e. The van der Waals surface area contributed by atoms with Gasteiger partial charge in [-0.1, -0.05) is 13.8 Å². The van der Waals surface area contributed by atoms with Gasteiger partial charge in [-0.25, -0.2) is 9.97 Å². The van der Waals surface area contributed by atoms with Crippen molar-refractivity contribution in [2.75, 3.05) is 38.6 Å². The van der Waals surface area contributed by atoms with Gasteiger partial charge in [0.15, 0.2) is 0 Å². The van der Waals surface area contributed by atoms with E-state index in [2.05, 4.69) is 39.2 Å². The Balaban J connectivity index is 2.19. The zero-order valence-corrected chi connectivity index (χ0v) is 18.1. The lowest BCUT2D eigenvalue weighted by molar-refractivity contribution is -0.0327. The molecule has 0 aromatic carbocycles. The van der Waals surface area contributed by atoms with Gasteiger partial charge in [0.2, 0.25) is 5.82 Å². The number of hydrogen-bond donors (Lipinski definition) is 2. The van der Waals surface area contributed by atoms with Gasteiger partial charge in [0.1, 0.15) is 5.82 Å². The highest BCUT2D eigenvalue weighted by molar-refractivity contribution is 5.91. The average Bonchev–Trinajstić information content (AvgIpc) is 3.04. The van der Waals surface area contributed by atoms with E-state index in [9.17, 15) is 9.90 Å². The van der Waals surface area contributed by atoms with Crippen LogP contribution in [0.4, 0.5) is 5.82 Å². The van der Waals surface area contributed by atoms with Crippen LogP contribution in [0.15, 0.2) is 0 Å². The van der Waals surface area contributed by atoms with E-state index < -0.39 is 11.0 Å². The molecule has 152 valence electrons. The van der Waals surface area contributed by atoms with Gasteiger partial charge in [0.05, 0.1) is 5.60 Å². The molecule has 1 saturated heterocycles. The summed E-state index contributed by atoms with van der Waals surface area (Å²) in [6, 6.07) is 0.490. The maximum Gasteiger partial charge on any atom is 0.289 e. The Morgan fingerprint density at radius 2 is 1.89 bits per heavy atom. The van der Waals surface area contributed by atoms with Crippen LogP contribution in [0.25, 0.3) is 0 Å². The zero-order valence-electron chi connectivity index (χ0n) is 18.1. The number of aryl methyl sites for hydroxylation is 1. The van der Waals surface area contributed by atoms with Crippen LogP contribution in [0.3, 0.4) is 0 Å². The number of carbonyl (C=O) groups excluding carboxylic acids is 1. The van der Waals surface area contributed by atoms with Crippen molar-refractivity contribution in [3.05, 3.63) is 17.1 Å². The number of amides is 1. The first-order valence-corrected chi connectivity index (χ1v) is 9.60. The number of aromatic nitrogens is 2. The molecular formula is C20H35N5O2. The Morgan fingerprint density at radius 3 is 2.41 bits per heavy atom. The third-order valence-electron chi connectivity index (χ3n) is 6.11. The van der Waals surface area contributed by atoms with Crippen molar-refractivity contribution in [3.63, 3.8) is 0 Å². The van der Waals surface area contributed by atoms with Gasteiger partial charge >= 0.3 is 0 Å². The monoisotopic (exact) mass is 377 g/mol. The van der Waals surface area contributed by atoms with Crippen molar-refractivity contribution in [1.82, 2.24) is 20.2 Å². The zero-order chi connectivity index (χ0) is 20.6. The predicted molar refractivity (Wildman–Crippen MR) is 108 cm³/mol. The number of carbonyl (C=O) groups is 1. The van der Waals surface area contributed by atoms with E-state index in [1.165, 1.54) is 0 Å². The Hall–Kier alpha value is -1.73. The van der Waals surface area contributed by atoms with Crippen molar-refractivity contribution in [1.29, 1.82) is 0 Å². The van der Waals surface area contributed by atoms with Gasteiger partial charge in [-0.15, -0.1) is 0 Å². The number of aliphatic hydroxyl groups is 1. The molecule has 1 aromatic rings. The number of nitrogens with one attached hydrogen (secondary N) is 1. The Kier molecular flexibility index (Phi) is 6.16. The Bertz CT molecular complexity index is 694. The van der Waals surface area contributed by atoms with Crippen LogP contribution in [0.5, 0.6) is 0 Å². The summed E-state index contributed by atoms with van der Waals surface area (Å²) < 4.78 is 0. The summed E-state index contributed by atoms with van der Waals surface area (Å²) in [7, 11) is 4.19. The molecule has 0 unspecified atom stereocenters. The first kappa shape index (κ1) is 21.6. The fourth-order valence-electron chi connectivity index (χ4n) is 2.98. The Labute approximate surface area is 163 Å². The fraction of sp³-hybridized carbons (Fsp3) is 0.750.